The van der Waals surface area contributed by atoms with Gasteiger partial charge in [0.1, 0.15) is 5.01 Å². The first-order valence-corrected chi connectivity index (χ1v) is 8.50. The van der Waals surface area contributed by atoms with Gasteiger partial charge in [0.25, 0.3) is 0 Å². The van der Waals surface area contributed by atoms with Gasteiger partial charge in [-0.3, -0.25) is 0 Å². The molecule has 0 bridgehead atoms. The van der Waals surface area contributed by atoms with Gasteiger partial charge < -0.3 is 5.32 Å². The van der Waals surface area contributed by atoms with E-state index in [1.165, 1.54) is 42.8 Å². The summed E-state index contributed by atoms with van der Waals surface area (Å²) < 4.78 is 0. The molecule has 2 saturated carbocycles. The molecule has 2 nitrogen and oxygen atoms in total. The maximum Gasteiger partial charge on any atom is 0.113 e. The minimum Gasteiger partial charge on any atom is -0.302 e. The number of thiazole rings is 1. The Bertz CT molecular complexity index is 461. The van der Waals surface area contributed by atoms with Crippen molar-refractivity contribution < 1.29 is 0 Å². The van der Waals surface area contributed by atoms with Gasteiger partial charge in [-0.1, -0.05) is 20.8 Å². The molecule has 1 aromatic rings. The average Bonchev–Trinajstić information content (AvgIpc) is 3.02. The van der Waals surface area contributed by atoms with Crippen LogP contribution < -0.4 is 5.32 Å². The van der Waals surface area contributed by atoms with E-state index in [1.54, 1.807) is 0 Å². The molecule has 2 aliphatic rings. The third kappa shape index (κ3) is 2.59. The third-order valence-corrected chi connectivity index (χ3v) is 6.07. The van der Waals surface area contributed by atoms with Gasteiger partial charge >= 0.3 is 0 Å². The van der Waals surface area contributed by atoms with Crippen LogP contribution in [-0.2, 0) is 5.54 Å². The van der Waals surface area contributed by atoms with E-state index in [9.17, 15) is 0 Å². The van der Waals surface area contributed by atoms with Gasteiger partial charge in [-0.15, -0.1) is 11.3 Å². The second kappa shape index (κ2) is 4.56. The summed E-state index contributed by atoms with van der Waals surface area (Å²) in [4.78, 5) is 4.84. The van der Waals surface area contributed by atoms with Crippen LogP contribution in [0.3, 0.4) is 0 Å². The van der Waals surface area contributed by atoms with Crippen LogP contribution in [0.1, 0.15) is 63.6 Å². The molecule has 1 heterocycles. The van der Waals surface area contributed by atoms with Gasteiger partial charge in [-0.2, -0.15) is 0 Å². The summed E-state index contributed by atoms with van der Waals surface area (Å²) in [6, 6.07) is 0.743. The molecule has 2 fully saturated rings. The van der Waals surface area contributed by atoms with Crippen LogP contribution in [0.25, 0.3) is 0 Å². The van der Waals surface area contributed by atoms with Crippen molar-refractivity contribution in [1.82, 2.24) is 10.3 Å². The van der Waals surface area contributed by atoms with Gasteiger partial charge in [0.15, 0.2) is 0 Å². The smallest absolute Gasteiger partial charge is 0.113 e. The molecule has 0 spiro atoms. The van der Waals surface area contributed by atoms with Crippen LogP contribution in [0.2, 0.25) is 0 Å². The maximum absolute atomic E-state index is 4.84. The fourth-order valence-corrected chi connectivity index (χ4v) is 4.74. The Hall–Kier alpha value is -0.410. The second-order valence-corrected chi connectivity index (χ2v) is 8.31. The Labute approximate surface area is 121 Å². The fourth-order valence-electron chi connectivity index (χ4n) is 3.63. The van der Waals surface area contributed by atoms with Crippen LogP contribution >= 0.6 is 11.3 Å². The number of nitrogens with zero attached hydrogens (tertiary/aromatic N) is 1. The molecular weight excluding hydrogens is 252 g/mol. The largest absolute Gasteiger partial charge is 0.302 e. The van der Waals surface area contributed by atoms with E-state index < -0.39 is 0 Å². The molecule has 1 N–H and O–H groups in total. The van der Waals surface area contributed by atoms with E-state index in [2.05, 4.69) is 38.4 Å². The number of nitrogens with one attached hydrogen (secondary N) is 1. The van der Waals surface area contributed by atoms with Crippen molar-refractivity contribution in [3.8, 4) is 0 Å². The van der Waals surface area contributed by atoms with Gasteiger partial charge in [0.2, 0.25) is 0 Å². The first-order chi connectivity index (χ1) is 8.91. The summed E-state index contributed by atoms with van der Waals surface area (Å²) in [5.74, 6) is 0.669. The molecule has 0 amide bonds. The number of hydrogen-bond donors (Lipinski definition) is 1. The van der Waals surface area contributed by atoms with Crippen LogP contribution in [0, 0.1) is 18.3 Å². The Kier molecular flexibility index (Phi) is 3.25. The lowest BCUT2D eigenvalue weighted by Crippen LogP contribution is -2.52. The van der Waals surface area contributed by atoms with Crippen molar-refractivity contribution >= 4 is 11.3 Å². The normalized spacial score (nSPS) is 34.4. The monoisotopic (exact) mass is 278 g/mol. The zero-order valence-corrected chi connectivity index (χ0v) is 13.4. The van der Waals surface area contributed by atoms with Crippen molar-refractivity contribution in [3.05, 3.63) is 16.1 Å². The summed E-state index contributed by atoms with van der Waals surface area (Å²) in [5, 5.41) is 7.51. The SMILES string of the molecule is Cc1csc(C2(NC3CC3)CCC(C)(C)CC2C)n1. The van der Waals surface area contributed by atoms with Crippen LogP contribution in [0.4, 0.5) is 0 Å². The number of rotatable bonds is 3. The van der Waals surface area contributed by atoms with Crippen LogP contribution in [-0.4, -0.2) is 11.0 Å². The predicted octanol–water partition coefficient (Wildman–Crippen LogP) is 4.25. The topological polar surface area (TPSA) is 24.9 Å². The molecule has 0 aromatic carbocycles. The highest BCUT2D eigenvalue weighted by atomic mass is 32.1. The molecule has 0 aliphatic heterocycles. The molecule has 1 aromatic heterocycles. The lowest BCUT2D eigenvalue weighted by Gasteiger charge is -2.48. The maximum atomic E-state index is 4.84. The molecule has 2 aliphatic carbocycles. The van der Waals surface area contributed by atoms with Gasteiger partial charge in [-0.25, -0.2) is 4.98 Å². The summed E-state index contributed by atoms with van der Waals surface area (Å²) in [6.07, 6.45) is 6.54. The molecule has 0 radical (unpaired) electrons. The van der Waals surface area contributed by atoms with E-state index in [0.29, 0.717) is 11.3 Å². The molecular formula is C16H26N2S. The molecule has 106 valence electrons. The first kappa shape index (κ1) is 13.6. The van der Waals surface area contributed by atoms with E-state index in [4.69, 9.17) is 4.98 Å². The van der Waals surface area contributed by atoms with Gasteiger partial charge in [0, 0.05) is 17.1 Å². The van der Waals surface area contributed by atoms with Crippen molar-refractivity contribution in [3.63, 3.8) is 0 Å². The highest BCUT2D eigenvalue weighted by Gasteiger charge is 2.48. The minimum absolute atomic E-state index is 0.148. The molecule has 3 heteroatoms. The summed E-state index contributed by atoms with van der Waals surface area (Å²) in [5.41, 5.74) is 1.81. The molecule has 2 atom stereocenters. The number of aryl methyl sites for hydroxylation is 1. The standard InChI is InChI=1S/C16H26N2S/c1-11-9-15(3,4)7-8-16(11,18-13-5-6-13)14-17-12(2)10-19-14/h10-11,13,18H,5-9H2,1-4H3. The zero-order chi connectivity index (χ0) is 13.7. The Morgan fingerprint density at radius 3 is 2.58 bits per heavy atom. The highest BCUT2D eigenvalue weighted by molar-refractivity contribution is 7.09. The molecule has 19 heavy (non-hydrogen) atoms. The molecule has 0 saturated heterocycles. The Morgan fingerprint density at radius 1 is 1.32 bits per heavy atom. The number of aromatic nitrogens is 1. The highest BCUT2D eigenvalue weighted by Crippen LogP contribution is 2.50. The number of hydrogen-bond acceptors (Lipinski definition) is 3. The van der Waals surface area contributed by atoms with Crippen molar-refractivity contribution in [2.45, 2.75) is 71.4 Å². The third-order valence-electron chi connectivity index (χ3n) is 4.94. The average molecular weight is 278 g/mol. The van der Waals surface area contributed by atoms with E-state index in [-0.39, 0.29) is 5.54 Å². The lowest BCUT2D eigenvalue weighted by atomic mass is 9.64. The van der Waals surface area contributed by atoms with Gasteiger partial charge in [-0.05, 0) is 50.4 Å². The van der Waals surface area contributed by atoms with Crippen molar-refractivity contribution in [2.24, 2.45) is 11.3 Å². The first-order valence-electron chi connectivity index (χ1n) is 7.62. The quantitative estimate of drug-likeness (QED) is 0.894. The Morgan fingerprint density at radius 2 is 2.05 bits per heavy atom. The van der Waals surface area contributed by atoms with Crippen LogP contribution in [0.5, 0.6) is 0 Å². The van der Waals surface area contributed by atoms with E-state index in [0.717, 1.165) is 6.04 Å². The van der Waals surface area contributed by atoms with Crippen molar-refractivity contribution in [1.29, 1.82) is 0 Å². The second-order valence-electron chi connectivity index (χ2n) is 7.45. The minimum atomic E-state index is 0.148. The summed E-state index contributed by atoms with van der Waals surface area (Å²) in [6.45, 7) is 9.37. The summed E-state index contributed by atoms with van der Waals surface area (Å²) >= 11 is 1.85. The Balaban J connectivity index is 1.92. The summed E-state index contributed by atoms with van der Waals surface area (Å²) in [7, 11) is 0. The molecule has 2 unspecified atom stereocenters. The lowest BCUT2D eigenvalue weighted by molar-refractivity contribution is 0.0697. The van der Waals surface area contributed by atoms with Gasteiger partial charge in [0.05, 0.1) is 5.54 Å². The van der Waals surface area contributed by atoms with E-state index in [1.807, 2.05) is 11.3 Å². The molecule has 3 rings (SSSR count). The fraction of sp³-hybridized carbons (Fsp3) is 0.812. The van der Waals surface area contributed by atoms with Crippen molar-refractivity contribution in [2.75, 3.05) is 0 Å². The van der Waals surface area contributed by atoms with E-state index >= 15 is 0 Å². The predicted molar refractivity (Wildman–Crippen MR) is 81.5 cm³/mol. The zero-order valence-electron chi connectivity index (χ0n) is 12.6. The van der Waals surface area contributed by atoms with Crippen LogP contribution in [0.15, 0.2) is 5.38 Å².